The van der Waals surface area contributed by atoms with E-state index in [1.807, 2.05) is 19.1 Å². The molecule has 0 N–H and O–H groups in total. The van der Waals surface area contributed by atoms with Crippen molar-refractivity contribution in [2.24, 2.45) is 0 Å². The van der Waals surface area contributed by atoms with Gasteiger partial charge >= 0.3 is 0 Å². The fourth-order valence-electron chi connectivity index (χ4n) is 1.21. The van der Waals surface area contributed by atoms with Crippen LogP contribution in [0.25, 0.3) is 0 Å². The maximum atomic E-state index is 11.1. The molecular formula is C13H20O2. The van der Waals surface area contributed by atoms with E-state index >= 15 is 0 Å². The summed E-state index contributed by atoms with van der Waals surface area (Å²) in [6, 6.07) is 0. The minimum absolute atomic E-state index is 0.0422. The second kappa shape index (κ2) is 9.38. The molecule has 0 aromatic rings. The highest BCUT2D eigenvalue weighted by Gasteiger charge is 2.02. The van der Waals surface area contributed by atoms with Crippen LogP contribution in [0.2, 0.25) is 0 Å². The van der Waals surface area contributed by atoms with Crippen molar-refractivity contribution >= 4 is 11.6 Å². The van der Waals surface area contributed by atoms with Crippen LogP contribution < -0.4 is 0 Å². The van der Waals surface area contributed by atoms with Gasteiger partial charge in [-0.05, 0) is 33.1 Å². The molecule has 0 heterocycles. The Labute approximate surface area is 92.1 Å². The van der Waals surface area contributed by atoms with E-state index in [2.05, 4.69) is 12.2 Å². The number of hydrogen-bond acceptors (Lipinski definition) is 2. The predicted molar refractivity (Wildman–Crippen MR) is 62.7 cm³/mol. The summed E-state index contributed by atoms with van der Waals surface area (Å²) >= 11 is 0. The van der Waals surface area contributed by atoms with Crippen molar-refractivity contribution in [1.82, 2.24) is 0 Å². The average Bonchev–Trinajstić information content (AvgIpc) is 2.15. The van der Waals surface area contributed by atoms with E-state index in [-0.39, 0.29) is 18.0 Å². The Morgan fingerprint density at radius 2 is 1.60 bits per heavy atom. The molecule has 0 bridgehead atoms. The molecular weight excluding hydrogens is 188 g/mol. The maximum absolute atomic E-state index is 11.1. The summed E-state index contributed by atoms with van der Waals surface area (Å²) in [7, 11) is 0. The number of carbonyl (C=O) groups is 2. The lowest BCUT2D eigenvalue weighted by atomic mass is 10.1. The van der Waals surface area contributed by atoms with Crippen LogP contribution in [0, 0.1) is 0 Å². The van der Waals surface area contributed by atoms with Gasteiger partial charge in [-0.3, -0.25) is 9.59 Å². The first-order valence-electron chi connectivity index (χ1n) is 5.44. The Morgan fingerprint density at radius 1 is 1.00 bits per heavy atom. The third-order valence-electron chi connectivity index (χ3n) is 1.94. The van der Waals surface area contributed by atoms with E-state index < -0.39 is 0 Å². The lowest BCUT2D eigenvalue weighted by Gasteiger charge is -1.93. The van der Waals surface area contributed by atoms with Crippen LogP contribution in [0.4, 0.5) is 0 Å². The summed E-state index contributed by atoms with van der Waals surface area (Å²) < 4.78 is 0. The molecule has 0 saturated heterocycles. The number of allylic oxidation sites excluding steroid dienone is 4. The molecule has 0 aliphatic rings. The smallest absolute Gasteiger partial charge is 0.140 e. The molecule has 0 radical (unpaired) electrons. The molecule has 2 heteroatoms. The van der Waals surface area contributed by atoms with Gasteiger partial charge in [-0.25, -0.2) is 0 Å². The predicted octanol–water partition coefficient (Wildman–Crippen LogP) is 3.23. The van der Waals surface area contributed by atoms with Gasteiger partial charge in [0.05, 0.1) is 6.42 Å². The molecule has 0 atom stereocenters. The van der Waals surface area contributed by atoms with Gasteiger partial charge in [-0.2, -0.15) is 0 Å². The maximum Gasteiger partial charge on any atom is 0.140 e. The fourth-order valence-corrected chi connectivity index (χ4v) is 1.21. The molecule has 0 saturated carbocycles. The van der Waals surface area contributed by atoms with E-state index in [1.165, 1.54) is 6.92 Å². The van der Waals surface area contributed by atoms with Crippen molar-refractivity contribution < 1.29 is 9.59 Å². The third kappa shape index (κ3) is 10.7. The standard InChI is InChI=1S/C13H20O2/c1-3-4-5-6-7-8-9-10-13(15)11-12(2)14/h3-4,7-8H,5-6,9-11H2,1-2H3/b4-3+,8-7+. The van der Waals surface area contributed by atoms with Crippen molar-refractivity contribution in [3.05, 3.63) is 24.3 Å². The van der Waals surface area contributed by atoms with Crippen molar-refractivity contribution in [1.29, 1.82) is 0 Å². The first kappa shape index (κ1) is 13.8. The van der Waals surface area contributed by atoms with Gasteiger partial charge in [0.25, 0.3) is 0 Å². The van der Waals surface area contributed by atoms with E-state index in [1.54, 1.807) is 0 Å². The van der Waals surface area contributed by atoms with Crippen molar-refractivity contribution in [2.75, 3.05) is 0 Å². The molecule has 0 aromatic carbocycles. The number of rotatable bonds is 8. The summed E-state index contributed by atoms with van der Waals surface area (Å²) in [4.78, 5) is 21.7. The van der Waals surface area contributed by atoms with Crippen molar-refractivity contribution in [2.45, 2.75) is 46.0 Å². The summed E-state index contributed by atoms with van der Waals surface area (Å²) in [5, 5.41) is 0. The lowest BCUT2D eigenvalue weighted by Crippen LogP contribution is -2.03. The number of unbranched alkanes of at least 4 members (excludes halogenated alkanes) is 1. The molecule has 0 spiro atoms. The number of ketones is 2. The normalized spacial score (nSPS) is 11.3. The summed E-state index contributed by atoms with van der Waals surface area (Å²) in [5.74, 6) is -0.00216. The van der Waals surface area contributed by atoms with Crippen LogP contribution in [0.5, 0.6) is 0 Å². The monoisotopic (exact) mass is 208 g/mol. The molecule has 84 valence electrons. The number of carbonyl (C=O) groups excluding carboxylic acids is 2. The quantitative estimate of drug-likeness (QED) is 0.348. The van der Waals surface area contributed by atoms with E-state index in [4.69, 9.17) is 0 Å². The zero-order valence-electron chi connectivity index (χ0n) is 9.66. The highest BCUT2D eigenvalue weighted by Crippen LogP contribution is 1.99. The summed E-state index contributed by atoms with van der Waals surface area (Å²) in [6.07, 6.45) is 11.6. The zero-order valence-corrected chi connectivity index (χ0v) is 9.66. The molecule has 15 heavy (non-hydrogen) atoms. The van der Waals surface area contributed by atoms with Crippen molar-refractivity contribution in [3.8, 4) is 0 Å². The third-order valence-corrected chi connectivity index (χ3v) is 1.94. The van der Waals surface area contributed by atoms with Gasteiger partial charge < -0.3 is 0 Å². The second-order valence-corrected chi connectivity index (χ2v) is 3.57. The van der Waals surface area contributed by atoms with Crippen LogP contribution in [0.1, 0.15) is 46.0 Å². The SMILES string of the molecule is C/C=C/CC/C=C/CCC(=O)CC(C)=O. The highest BCUT2D eigenvalue weighted by molar-refractivity contribution is 5.97. The van der Waals surface area contributed by atoms with Crippen LogP contribution in [-0.4, -0.2) is 11.6 Å². The van der Waals surface area contributed by atoms with Gasteiger partial charge in [-0.15, -0.1) is 0 Å². The average molecular weight is 208 g/mol. The Hall–Kier alpha value is -1.18. The first-order valence-corrected chi connectivity index (χ1v) is 5.44. The Balaban J connectivity index is 3.44. The summed E-state index contributed by atoms with van der Waals surface area (Å²) in [6.45, 7) is 3.45. The lowest BCUT2D eigenvalue weighted by molar-refractivity contribution is -0.125. The van der Waals surface area contributed by atoms with Crippen LogP contribution >= 0.6 is 0 Å². The van der Waals surface area contributed by atoms with Crippen molar-refractivity contribution in [3.63, 3.8) is 0 Å². The van der Waals surface area contributed by atoms with E-state index in [0.29, 0.717) is 6.42 Å². The molecule has 0 aliphatic heterocycles. The topological polar surface area (TPSA) is 34.1 Å². The van der Waals surface area contributed by atoms with E-state index in [9.17, 15) is 9.59 Å². The van der Waals surface area contributed by atoms with Gasteiger partial charge in [0, 0.05) is 6.42 Å². The van der Waals surface area contributed by atoms with Gasteiger partial charge in [0.1, 0.15) is 11.6 Å². The second-order valence-electron chi connectivity index (χ2n) is 3.57. The number of hydrogen-bond donors (Lipinski definition) is 0. The molecule has 0 fully saturated rings. The zero-order chi connectivity index (χ0) is 11.5. The minimum Gasteiger partial charge on any atom is -0.300 e. The Morgan fingerprint density at radius 3 is 2.20 bits per heavy atom. The molecule has 0 aromatic heterocycles. The summed E-state index contributed by atoms with van der Waals surface area (Å²) in [5.41, 5.74) is 0. The van der Waals surface area contributed by atoms with E-state index in [0.717, 1.165) is 19.3 Å². The first-order chi connectivity index (χ1) is 7.16. The van der Waals surface area contributed by atoms with Gasteiger partial charge in [0.2, 0.25) is 0 Å². The van der Waals surface area contributed by atoms with Crippen LogP contribution in [0.3, 0.4) is 0 Å². The largest absolute Gasteiger partial charge is 0.300 e. The molecule has 0 aliphatic carbocycles. The Kier molecular flexibility index (Phi) is 8.64. The minimum atomic E-state index is -0.0444. The van der Waals surface area contributed by atoms with Gasteiger partial charge in [0.15, 0.2) is 0 Å². The van der Waals surface area contributed by atoms with Crippen LogP contribution in [0.15, 0.2) is 24.3 Å². The fraction of sp³-hybridized carbons (Fsp3) is 0.538. The molecule has 0 rings (SSSR count). The molecule has 0 unspecified atom stereocenters. The van der Waals surface area contributed by atoms with Crippen LogP contribution in [-0.2, 0) is 9.59 Å². The molecule has 0 amide bonds. The number of Topliss-reactive ketones (excluding diaryl/α,β-unsaturated/α-hetero) is 2. The molecule has 2 nitrogen and oxygen atoms in total. The van der Waals surface area contributed by atoms with Gasteiger partial charge in [-0.1, -0.05) is 24.3 Å². The Bertz CT molecular complexity index is 249. The highest BCUT2D eigenvalue weighted by atomic mass is 16.1.